The molecule has 1 aromatic heterocycles. The molecule has 2 heterocycles. The molecular formula is C16H26N4O5S. The van der Waals surface area contributed by atoms with E-state index in [4.69, 9.17) is 5.73 Å². The van der Waals surface area contributed by atoms with Gasteiger partial charge in [-0.3, -0.25) is 19.1 Å². The van der Waals surface area contributed by atoms with Crippen molar-refractivity contribution in [1.82, 2.24) is 9.55 Å². The van der Waals surface area contributed by atoms with Crippen LogP contribution in [0.5, 0.6) is 0 Å². The maximum atomic E-state index is 12.9. The summed E-state index contributed by atoms with van der Waals surface area (Å²) in [6.45, 7) is 4.34. The van der Waals surface area contributed by atoms with E-state index in [-0.39, 0.29) is 36.0 Å². The fraction of sp³-hybridized carbons (Fsp3) is 0.688. The zero-order chi connectivity index (χ0) is 19.5. The van der Waals surface area contributed by atoms with Crippen molar-refractivity contribution in [3.8, 4) is 0 Å². The molecule has 1 atom stereocenters. The number of carbonyl (C=O) groups excluding carboxylic acids is 1. The van der Waals surface area contributed by atoms with Crippen LogP contribution in [-0.4, -0.2) is 41.9 Å². The van der Waals surface area contributed by atoms with Crippen LogP contribution in [-0.2, 0) is 21.2 Å². The molecule has 1 amide bonds. The third kappa shape index (κ3) is 4.17. The standard InChI is InChI=1S/C16H26N4O5S/c1-3-5-8-20-13(17)12(14(21)18-16(20)23)19(7-4-2)15(22)11-6-9-26(24,25)10-11/h11H,3-10,17H2,1-2H3,(H,18,21,23). The average Bonchev–Trinajstić information content (AvgIpc) is 2.93. The third-order valence-corrected chi connectivity index (χ3v) is 6.28. The van der Waals surface area contributed by atoms with Crippen molar-refractivity contribution >= 4 is 27.2 Å². The minimum atomic E-state index is -3.24. The minimum absolute atomic E-state index is 0.0365. The number of aromatic nitrogens is 2. The van der Waals surface area contributed by atoms with Crippen molar-refractivity contribution in [2.45, 2.75) is 46.1 Å². The van der Waals surface area contributed by atoms with Gasteiger partial charge in [-0.2, -0.15) is 0 Å². The van der Waals surface area contributed by atoms with Crippen LogP contribution in [0.2, 0.25) is 0 Å². The highest BCUT2D eigenvalue weighted by Gasteiger charge is 2.37. The fourth-order valence-electron chi connectivity index (χ4n) is 3.14. The Morgan fingerprint density at radius 3 is 2.54 bits per heavy atom. The molecule has 9 nitrogen and oxygen atoms in total. The lowest BCUT2D eigenvalue weighted by Crippen LogP contribution is -2.44. The van der Waals surface area contributed by atoms with Gasteiger partial charge in [0.25, 0.3) is 5.56 Å². The van der Waals surface area contributed by atoms with Gasteiger partial charge in [0.2, 0.25) is 5.91 Å². The molecule has 3 N–H and O–H groups in total. The van der Waals surface area contributed by atoms with E-state index in [0.717, 1.165) is 6.42 Å². The molecule has 0 bridgehead atoms. The lowest BCUT2D eigenvalue weighted by Gasteiger charge is -2.26. The molecule has 1 fully saturated rings. The summed E-state index contributed by atoms with van der Waals surface area (Å²) in [5, 5.41) is 0. The number of rotatable bonds is 7. The Labute approximate surface area is 152 Å². The monoisotopic (exact) mass is 386 g/mol. The van der Waals surface area contributed by atoms with Crippen molar-refractivity contribution in [2.75, 3.05) is 28.7 Å². The zero-order valence-corrected chi connectivity index (χ0v) is 16.0. The smallest absolute Gasteiger partial charge is 0.330 e. The Hall–Kier alpha value is -2.10. The van der Waals surface area contributed by atoms with Gasteiger partial charge in [0.05, 0.1) is 17.4 Å². The van der Waals surface area contributed by atoms with Gasteiger partial charge in [0, 0.05) is 13.1 Å². The summed E-state index contributed by atoms with van der Waals surface area (Å²) in [7, 11) is -3.24. The maximum Gasteiger partial charge on any atom is 0.330 e. The van der Waals surface area contributed by atoms with Crippen LogP contribution in [0.15, 0.2) is 9.59 Å². The number of hydrogen-bond donors (Lipinski definition) is 2. The van der Waals surface area contributed by atoms with Crippen LogP contribution < -0.4 is 21.9 Å². The highest BCUT2D eigenvalue weighted by Crippen LogP contribution is 2.25. The maximum absolute atomic E-state index is 12.9. The lowest BCUT2D eigenvalue weighted by molar-refractivity contribution is -0.121. The first-order valence-electron chi connectivity index (χ1n) is 8.86. The first-order valence-corrected chi connectivity index (χ1v) is 10.7. The number of nitrogens with two attached hydrogens (primary N) is 1. The molecule has 0 aliphatic carbocycles. The fourth-order valence-corrected chi connectivity index (χ4v) is 4.87. The van der Waals surface area contributed by atoms with Crippen molar-refractivity contribution in [3.63, 3.8) is 0 Å². The van der Waals surface area contributed by atoms with Gasteiger partial charge in [-0.05, 0) is 19.3 Å². The van der Waals surface area contributed by atoms with E-state index in [9.17, 15) is 22.8 Å². The van der Waals surface area contributed by atoms with Crippen molar-refractivity contribution < 1.29 is 13.2 Å². The average molecular weight is 386 g/mol. The van der Waals surface area contributed by atoms with E-state index in [2.05, 4.69) is 4.98 Å². The summed E-state index contributed by atoms with van der Waals surface area (Å²) in [5.41, 5.74) is 4.66. The second-order valence-corrected chi connectivity index (χ2v) is 8.82. The molecule has 0 radical (unpaired) electrons. The van der Waals surface area contributed by atoms with E-state index >= 15 is 0 Å². The first-order chi connectivity index (χ1) is 12.2. The highest BCUT2D eigenvalue weighted by atomic mass is 32.2. The number of amides is 1. The number of unbranched alkanes of at least 4 members (excludes halogenated alkanes) is 1. The molecule has 1 aliphatic heterocycles. The molecule has 1 unspecified atom stereocenters. The Morgan fingerprint density at radius 1 is 1.31 bits per heavy atom. The van der Waals surface area contributed by atoms with Crippen LogP contribution in [0.4, 0.5) is 11.5 Å². The Bertz CT molecular complexity index is 887. The Morgan fingerprint density at radius 2 is 2.00 bits per heavy atom. The van der Waals surface area contributed by atoms with Gasteiger partial charge < -0.3 is 10.6 Å². The summed E-state index contributed by atoms with van der Waals surface area (Å²) in [5.74, 6) is -1.45. The quantitative estimate of drug-likeness (QED) is 0.682. The SMILES string of the molecule is CCCCn1c(N)c(N(CCC)C(=O)C2CCS(=O)(=O)C2)c(=O)[nH]c1=O. The van der Waals surface area contributed by atoms with E-state index in [1.165, 1.54) is 9.47 Å². The summed E-state index contributed by atoms with van der Waals surface area (Å²) >= 11 is 0. The normalized spacial score (nSPS) is 18.8. The number of carbonyl (C=O) groups is 1. The molecule has 146 valence electrons. The Balaban J connectivity index is 2.48. The molecule has 0 spiro atoms. The molecule has 10 heteroatoms. The highest BCUT2D eigenvalue weighted by molar-refractivity contribution is 7.91. The molecule has 0 aromatic carbocycles. The summed E-state index contributed by atoms with van der Waals surface area (Å²) in [6, 6.07) is 0. The van der Waals surface area contributed by atoms with E-state index in [0.29, 0.717) is 19.4 Å². The molecular weight excluding hydrogens is 360 g/mol. The number of H-pyrrole nitrogens is 1. The van der Waals surface area contributed by atoms with E-state index in [1.807, 2.05) is 13.8 Å². The van der Waals surface area contributed by atoms with Crippen molar-refractivity contribution in [2.24, 2.45) is 5.92 Å². The minimum Gasteiger partial charge on any atom is -0.383 e. The largest absolute Gasteiger partial charge is 0.383 e. The van der Waals surface area contributed by atoms with Crippen LogP contribution >= 0.6 is 0 Å². The van der Waals surface area contributed by atoms with E-state index < -0.39 is 32.9 Å². The topological polar surface area (TPSA) is 135 Å². The molecule has 26 heavy (non-hydrogen) atoms. The van der Waals surface area contributed by atoms with Crippen LogP contribution in [0.1, 0.15) is 39.5 Å². The zero-order valence-electron chi connectivity index (χ0n) is 15.2. The predicted molar refractivity (Wildman–Crippen MR) is 100 cm³/mol. The first kappa shape index (κ1) is 20.2. The van der Waals surface area contributed by atoms with Gasteiger partial charge in [-0.15, -0.1) is 0 Å². The van der Waals surface area contributed by atoms with Gasteiger partial charge in [-0.1, -0.05) is 20.3 Å². The number of nitrogens with zero attached hydrogens (tertiary/aromatic N) is 2. The molecule has 1 aliphatic rings. The molecule has 1 aromatic rings. The second kappa shape index (κ2) is 8.07. The number of nitrogen functional groups attached to an aromatic ring is 1. The number of aromatic amines is 1. The third-order valence-electron chi connectivity index (χ3n) is 4.51. The number of anilines is 2. The lowest BCUT2D eigenvalue weighted by atomic mass is 10.1. The predicted octanol–water partition coefficient (Wildman–Crippen LogP) is 0.0966. The summed E-state index contributed by atoms with van der Waals surface area (Å²) < 4.78 is 24.7. The Kier molecular flexibility index (Phi) is 6.27. The van der Waals surface area contributed by atoms with Crippen LogP contribution in [0.25, 0.3) is 0 Å². The van der Waals surface area contributed by atoms with Gasteiger partial charge >= 0.3 is 5.69 Å². The second-order valence-electron chi connectivity index (χ2n) is 6.59. The summed E-state index contributed by atoms with van der Waals surface area (Å²) in [4.78, 5) is 40.8. The van der Waals surface area contributed by atoms with E-state index in [1.54, 1.807) is 0 Å². The summed E-state index contributed by atoms with van der Waals surface area (Å²) in [6.07, 6.45) is 2.31. The molecule has 2 rings (SSSR count). The van der Waals surface area contributed by atoms with Gasteiger partial charge in [-0.25, -0.2) is 13.2 Å². The molecule has 0 saturated carbocycles. The number of nitrogens with one attached hydrogen (secondary N) is 1. The number of sulfone groups is 1. The van der Waals surface area contributed by atoms with Crippen LogP contribution in [0, 0.1) is 5.92 Å². The number of hydrogen-bond acceptors (Lipinski definition) is 6. The molecule has 1 saturated heterocycles. The van der Waals surface area contributed by atoms with Crippen LogP contribution in [0.3, 0.4) is 0 Å². The van der Waals surface area contributed by atoms with Crippen molar-refractivity contribution in [1.29, 1.82) is 0 Å². The van der Waals surface area contributed by atoms with Gasteiger partial charge in [0.1, 0.15) is 5.82 Å². The van der Waals surface area contributed by atoms with Crippen molar-refractivity contribution in [3.05, 3.63) is 20.8 Å². The van der Waals surface area contributed by atoms with Gasteiger partial charge in [0.15, 0.2) is 15.5 Å².